The third-order valence-electron chi connectivity index (χ3n) is 3.67. The summed E-state index contributed by atoms with van der Waals surface area (Å²) < 4.78 is 5.47. The third-order valence-corrected chi connectivity index (χ3v) is 3.67. The molecule has 2 aromatic rings. The number of carbonyl (C=O) groups excluding carboxylic acids is 2. The van der Waals surface area contributed by atoms with Crippen LogP contribution in [0, 0.1) is 0 Å². The lowest BCUT2D eigenvalue weighted by Crippen LogP contribution is -2.32. The lowest BCUT2D eigenvalue weighted by atomic mass is 9.77. The molecule has 0 saturated carbocycles. The van der Waals surface area contributed by atoms with E-state index in [0.29, 0.717) is 18.5 Å². The van der Waals surface area contributed by atoms with Gasteiger partial charge in [0.05, 0.1) is 5.69 Å². The average molecular weight is 269 g/mol. The van der Waals surface area contributed by atoms with Crippen LogP contribution in [0.4, 0.5) is 5.69 Å². The number of aldehydes is 1. The van der Waals surface area contributed by atoms with Crippen molar-refractivity contribution in [3.63, 3.8) is 0 Å². The molecule has 1 aromatic heterocycles. The SMILES string of the molecule is CC1(C)CC(=O)Nc2c(-c3ccc(C=O)o3)cccc21. The summed E-state index contributed by atoms with van der Waals surface area (Å²) in [6.07, 6.45) is 1.13. The van der Waals surface area contributed by atoms with Crippen LogP contribution in [-0.4, -0.2) is 12.2 Å². The van der Waals surface area contributed by atoms with E-state index in [1.54, 1.807) is 12.1 Å². The average Bonchev–Trinajstić information content (AvgIpc) is 2.85. The van der Waals surface area contributed by atoms with Crippen molar-refractivity contribution in [1.82, 2.24) is 0 Å². The van der Waals surface area contributed by atoms with Crippen LogP contribution in [0.5, 0.6) is 0 Å². The highest BCUT2D eigenvalue weighted by atomic mass is 16.3. The van der Waals surface area contributed by atoms with Gasteiger partial charge in [-0.05, 0) is 23.8 Å². The number of rotatable bonds is 2. The van der Waals surface area contributed by atoms with Crippen molar-refractivity contribution in [3.05, 3.63) is 41.7 Å². The first-order valence-electron chi connectivity index (χ1n) is 6.50. The van der Waals surface area contributed by atoms with Gasteiger partial charge in [-0.2, -0.15) is 0 Å². The highest BCUT2D eigenvalue weighted by molar-refractivity contribution is 5.99. The van der Waals surface area contributed by atoms with Crippen LogP contribution >= 0.6 is 0 Å². The monoisotopic (exact) mass is 269 g/mol. The van der Waals surface area contributed by atoms with E-state index in [2.05, 4.69) is 5.32 Å². The summed E-state index contributed by atoms with van der Waals surface area (Å²) in [6, 6.07) is 9.21. The molecule has 1 N–H and O–H groups in total. The van der Waals surface area contributed by atoms with Gasteiger partial charge < -0.3 is 9.73 Å². The van der Waals surface area contributed by atoms with E-state index in [0.717, 1.165) is 16.8 Å². The highest BCUT2D eigenvalue weighted by Crippen LogP contribution is 2.42. The maximum atomic E-state index is 11.9. The second-order valence-electron chi connectivity index (χ2n) is 5.66. The van der Waals surface area contributed by atoms with Crippen LogP contribution < -0.4 is 5.32 Å². The Hall–Kier alpha value is -2.36. The minimum absolute atomic E-state index is 0.00267. The molecular formula is C16H15NO3. The van der Waals surface area contributed by atoms with Gasteiger partial charge in [0, 0.05) is 17.4 Å². The molecule has 0 saturated heterocycles. The van der Waals surface area contributed by atoms with E-state index in [4.69, 9.17) is 4.42 Å². The highest BCUT2D eigenvalue weighted by Gasteiger charge is 2.33. The molecule has 102 valence electrons. The third kappa shape index (κ3) is 1.93. The molecule has 0 spiro atoms. The molecule has 2 heterocycles. The lowest BCUT2D eigenvalue weighted by Gasteiger charge is -2.33. The number of amides is 1. The lowest BCUT2D eigenvalue weighted by molar-refractivity contribution is -0.117. The van der Waals surface area contributed by atoms with Gasteiger partial charge in [0.2, 0.25) is 5.91 Å². The van der Waals surface area contributed by atoms with Crippen LogP contribution in [0.1, 0.15) is 36.4 Å². The normalized spacial score (nSPS) is 16.4. The van der Waals surface area contributed by atoms with Gasteiger partial charge in [-0.1, -0.05) is 26.0 Å². The zero-order chi connectivity index (χ0) is 14.3. The van der Waals surface area contributed by atoms with E-state index in [9.17, 15) is 9.59 Å². The number of furan rings is 1. The van der Waals surface area contributed by atoms with Crippen molar-refractivity contribution in [1.29, 1.82) is 0 Å². The van der Waals surface area contributed by atoms with Gasteiger partial charge in [-0.3, -0.25) is 9.59 Å². The van der Waals surface area contributed by atoms with Gasteiger partial charge >= 0.3 is 0 Å². The Morgan fingerprint density at radius 2 is 2.05 bits per heavy atom. The summed E-state index contributed by atoms with van der Waals surface area (Å²) in [4.78, 5) is 22.6. The smallest absolute Gasteiger partial charge is 0.225 e. The Kier molecular flexibility index (Phi) is 2.74. The summed E-state index contributed by atoms with van der Waals surface area (Å²) in [6.45, 7) is 4.10. The standard InChI is InChI=1S/C16H15NO3/c1-16(2)8-14(19)17-15-11(4-3-5-12(15)16)13-7-6-10(9-18)20-13/h3-7,9H,8H2,1-2H3,(H,17,19). The minimum Gasteiger partial charge on any atom is -0.453 e. The summed E-state index contributed by atoms with van der Waals surface area (Å²) in [7, 11) is 0. The molecule has 1 amide bonds. The summed E-state index contributed by atoms with van der Waals surface area (Å²) in [5.74, 6) is 0.859. The van der Waals surface area contributed by atoms with Crippen molar-refractivity contribution in [2.75, 3.05) is 5.32 Å². The number of nitrogens with one attached hydrogen (secondary N) is 1. The Labute approximate surface area is 116 Å². The summed E-state index contributed by atoms with van der Waals surface area (Å²) >= 11 is 0. The Balaban J connectivity index is 2.19. The number of carbonyl (C=O) groups is 2. The van der Waals surface area contributed by atoms with Crippen molar-refractivity contribution in [2.45, 2.75) is 25.7 Å². The molecule has 0 fully saturated rings. The second kappa shape index (κ2) is 4.34. The maximum absolute atomic E-state index is 11.9. The predicted molar refractivity (Wildman–Crippen MR) is 75.8 cm³/mol. The van der Waals surface area contributed by atoms with Crippen molar-refractivity contribution < 1.29 is 14.0 Å². The first-order chi connectivity index (χ1) is 9.51. The molecule has 20 heavy (non-hydrogen) atoms. The van der Waals surface area contributed by atoms with E-state index in [1.165, 1.54) is 0 Å². The van der Waals surface area contributed by atoms with Gasteiger partial charge in [-0.15, -0.1) is 0 Å². The number of fused-ring (bicyclic) bond motifs is 1. The van der Waals surface area contributed by atoms with Gasteiger partial charge in [0.15, 0.2) is 12.0 Å². The molecule has 0 atom stereocenters. The van der Waals surface area contributed by atoms with Crippen LogP contribution in [0.15, 0.2) is 34.7 Å². The zero-order valence-corrected chi connectivity index (χ0v) is 11.4. The molecule has 0 unspecified atom stereocenters. The van der Waals surface area contributed by atoms with Gasteiger partial charge in [0.25, 0.3) is 0 Å². The van der Waals surface area contributed by atoms with Crippen molar-refractivity contribution >= 4 is 17.9 Å². The van der Waals surface area contributed by atoms with E-state index in [-0.39, 0.29) is 17.1 Å². The second-order valence-corrected chi connectivity index (χ2v) is 5.66. The molecule has 0 radical (unpaired) electrons. The van der Waals surface area contributed by atoms with Crippen LogP contribution in [0.2, 0.25) is 0 Å². The number of benzene rings is 1. The number of anilines is 1. The van der Waals surface area contributed by atoms with E-state index < -0.39 is 0 Å². The van der Waals surface area contributed by atoms with Crippen LogP contribution in [0.25, 0.3) is 11.3 Å². The molecule has 0 aliphatic carbocycles. The predicted octanol–water partition coefficient (Wildman–Crippen LogP) is 3.38. The summed E-state index contributed by atoms with van der Waals surface area (Å²) in [5.41, 5.74) is 2.45. The van der Waals surface area contributed by atoms with E-state index in [1.807, 2.05) is 32.0 Å². The molecule has 0 bridgehead atoms. The van der Waals surface area contributed by atoms with Gasteiger partial charge in [-0.25, -0.2) is 0 Å². The number of hydrogen-bond acceptors (Lipinski definition) is 3. The van der Waals surface area contributed by atoms with E-state index >= 15 is 0 Å². The fraction of sp³-hybridized carbons (Fsp3) is 0.250. The Bertz CT molecular complexity index is 697. The molecule has 3 rings (SSSR count). The van der Waals surface area contributed by atoms with Crippen LogP contribution in [-0.2, 0) is 10.2 Å². The zero-order valence-electron chi connectivity index (χ0n) is 11.4. The Morgan fingerprint density at radius 3 is 2.75 bits per heavy atom. The molecule has 1 aromatic carbocycles. The van der Waals surface area contributed by atoms with Crippen molar-refractivity contribution in [3.8, 4) is 11.3 Å². The molecular weight excluding hydrogens is 254 g/mol. The van der Waals surface area contributed by atoms with Crippen molar-refractivity contribution in [2.24, 2.45) is 0 Å². The fourth-order valence-electron chi connectivity index (χ4n) is 2.70. The largest absolute Gasteiger partial charge is 0.453 e. The molecule has 4 nitrogen and oxygen atoms in total. The molecule has 1 aliphatic rings. The maximum Gasteiger partial charge on any atom is 0.225 e. The van der Waals surface area contributed by atoms with Crippen LogP contribution in [0.3, 0.4) is 0 Å². The fourth-order valence-corrected chi connectivity index (χ4v) is 2.70. The molecule has 1 aliphatic heterocycles. The molecule has 4 heteroatoms. The minimum atomic E-state index is -0.215. The van der Waals surface area contributed by atoms with Gasteiger partial charge in [0.1, 0.15) is 5.76 Å². The number of para-hydroxylation sites is 1. The summed E-state index contributed by atoms with van der Waals surface area (Å²) in [5, 5.41) is 2.92. The first kappa shape index (κ1) is 12.7. The quantitative estimate of drug-likeness (QED) is 0.850. The first-order valence-corrected chi connectivity index (χ1v) is 6.50. The Morgan fingerprint density at radius 1 is 1.25 bits per heavy atom. The number of hydrogen-bond donors (Lipinski definition) is 1. The topological polar surface area (TPSA) is 59.3 Å².